The van der Waals surface area contributed by atoms with Gasteiger partial charge in [0, 0.05) is 30.9 Å². The molecule has 1 aliphatic rings. The quantitative estimate of drug-likeness (QED) is 0.266. The van der Waals surface area contributed by atoms with Gasteiger partial charge in [0.25, 0.3) is 0 Å². The lowest BCUT2D eigenvalue weighted by molar-refractivity contribution is -0.396. The second-order valence-electron chi connectivity index (χ2n) is 9.33. The molecule has 2 N–H and O–H groups in total. The van der Waals surface area contributed by atoms with E-state index in [1.165, 1.54) is 17.8 Å². The highest BCUT2D eigenvalue weighted by Crippen LogP contribution is 2.28. The number of ether oxygens (including phenoxy) is 2. The lowest BCUT2D eigenvalue weighted by Crippen LogP contribution is -2.40. The predicted octanol–water partition coefficient (Wildman–Crippen LogP) is 3.40. The van der Waals surface area contributed by atoms with Crippen molar-refractivity contribution in [1.82, 2.24) is 29.0 Å². The zero-order valence-corrected chi connectivity index (χ0v) is 21.7. The normalized spacial score (nSPS) is 14.0. The number of anilines is 2. The maximum atomic E-state index is 12.9. The summed E-state index contributed by atoms with van der Waals surface area (Å²) in [6, 6.07) is 7.42. The highest BCUT2D eigenvalue weighted by molar-refractivity contribution is 5.79. The summed E-state index contributed by atoms with van der Waals surface area (Å²) in [6.07, 6.45) is 3.54. The molecule has 0 atom stereocenters. The number of methoxy groups -OCH3 is 1. The zero-order valence-electron chi connectivity index (χ0n) is 21.7. The van der Waals surface area contributed by atoms with Crippen LogP contribution in [0.3, 0.4) is 0 Å². The van der Waals surface area contributed by atoms with Crippen LogP contribution in [0.2, 0.25) is 0 Å². The number of benzene rings is 1. The van der Waals surface area contributed by atoms with Gasteiger partial charge in [0.1, 0.15) is 17.8 Å². The highest BCUT2D eigenvalue weighted by Gasteiger charge is 2.28. The van der Waals surface area contributed by atoms with Gasteiger partial charge in [0.15, 0.2) is 12.3 Å². The van der Waals surface area contributed by atoms with Crippen molar-refractivity contribution in [2.45, 2.75) is 32.4 Å². The molecule has 204 valence electrons. The second-order valence-corrected chi connectivity index (χ2v) is 9.33. The molecule has 1 aliphatic heterocycles. The van der Waals surface area contributed by atoms with Crippen LogP contribution in [0.25, 0.3) is 11.0 Å². The summed E-state index contributed by atoms with van der Waals surface area (Å²) in [4.78, 5) is 48.5. The number of carbonyl (C=O) groups is 1. The van der Waals surface area contributed by atoms with E-state index in [2.05, 4.69) is 20.3 Å². The molecule has 3 aromatic heterocycles. The van der Waals surface area contributed by atoms with E-state index >= 15 is 0 Å². The van der Waals surface area contributed by atoms with Gasteiger partial charge in [-0.15, -0.1) is 0 Å². The van der Waals surface area contributed by atoms with E-state index < -0.39 is 11.0 Å². The first-order chi connectivity index (χ1) is 18.7. The number of amides is 1. The number of pyridine rings is 1. The second kappa shape index (κ2) is 10.5. The van der Waals surface area contributed by atoms with Crippen LogP contribution in [0.15, 0.2) is 41.5 Å². The Hall–Kier alpha value is -4.88. The third-order valence-corrected chi connectivity index (χ3v) is 6.95. The first-order valence-electron chi connectivity index (χ1n) is 12.3. The third-order valence-electron chi connectivity index (χ3n) is 6.95. The molecule has 4 aromatic rings. The predicted molar refractivity (Wildman–Crippen MR) is 141 cm³/mol. The van der Waals surface area contributed by atoms with Crippen LogP contribution in [0.5, 0.6) is 5.75 Å². The average Bonchev–Trinajstić information content (AvgIpc) is 3.46. The fourth-order valence-corrected chi connectivity index (χ4v) is 4.77. The molecule has 0 radical (unpaired) electrons. The van der Waals surface area contributed by atoms with Crippen molar-refractivity contribution in [3.8, 4) is 5.75 Å². The molecular weight excluding hydrogens is 508 g/mol. The van der Waals surface area contributed by atoms with Gasteiger partial charge in [-0.05, 0) is 48.5 Å². The number of hydrogen-bond acceptors (Lipinski definition) is 9. The number of carbonyl (C=O) groups excluding carboxylic acids is 1. The molecule has 0 unspecified atom stereocenters. The van der Waals surface area contributed by atoms with Gasteiger partial charge < -0.3 is 34.8 Å². The Morgan fingerprint density at radius 3 is 2.67 bits per heavy atom. The Balaban J connectivity index is 1.25. The van der Waals surface area contributed by atoms with E-state index in [-0.39, 0.29) is 24.3 Å². The number of nitro groups is 1. The van der Waals surface area contributed by atoms with Crippen LogP contribution < -0.4 is 15.7 Å². The van der Waals surface area contributed by atoms with E-state index in [0.717, 1.165) is 22.5 Å². The Labute approximate surface area is 222 Å². The van der Waals surface area contributed by atoms with Gasteiger partial charge in [0.2, 0.25) is 0 Å². The molecule has 0 bridgehead atoms. The molecule has 1 amide bonds. The van der Waals surface area contributed by atoms with Crippen LogP contribution >= 0.6 is 0 Å². The number of aromatic amines is 1. The van der Waals surface area contributed by atoms with Crippen molar-refractivity contribution in [1.29, 1.82) is 0 Å². The van der Waals surface area contributed by atoms with Gasteiger partial charge in [-0.3, -0.25) is 4.57 Å². The number of likely N-dealkylation sites (tertiary alicyclic amines) is 1. The molecule has 0 spiro atoms. The molecule has 14 heteroatoms. The number of nitrogens with one attached hydrogen (secondary N) is 2. The molecule has 14 nitrogen and oxygen atoms in total. The average molecular weight is 537 g/mol. The molecular formula is C25H28N8O6. The van der Waals surface area contributed by atoms with E-state index in [9.17, 15) is 19.7 Å². The van der Waals surface area contributed by atoms with Crippen molar-refractivity contribution >= 4 is 34.6 Å². The van der Waals surface area contributed by atoms with Crippen molar-refractivity contribution in [2.24, 2.45) is 7.05 Å². The SMILES string of the molecule is COc1ccc(Nc2cc3c(cn2)[nH]c(=O)n3C2CCN(C(=O)OCc3cnc([N+](=O)[O-])n3C)CC2)c(C)c1. The van der Waals surface area contributed by atoms with E-state index in [1.807, 2.05) is 31.2 Å². The van der Waals surface area contributed by atoms with Crippen LogP contribution in [0.4, 0.5) is 22.2 Å². The number of piperidine rings is 1. The van der Waals surface area contributed by atoms with Crippen LogP contribution in [0.1, 0.15) is 30.1 Å². The van der Waals surface area contributed by atoms with E-state index in [4.69, 9.17) is 9.47 Å². The Bertz CT molecular complexity index is 1600. The number of aromatic nitrogens is 5. The number of rotatable bonds is 7. The van der Waals surface area contributed by atoms with Gasteiger partial charge >= 0.3 is 17.7 Å². The van der Waals surface area contributed by atoms with E-state index in [1.54, 1.807) is 22.8 Å². The first kappa shape index (κ1) is 25.8. The fourth-order valence-electron chi connectivity index (χ4n) is 4.77. The third kappa shape index (κ3) is 5.12. The minimum atomic E-state index is -0.599. The standard InChI is InChI=1S/C25H28N8O6/c1-15-10-18(38-3)4-5-19(15)28-22-11-21-20(13-26-22)29-24(34)32(21)16-6-8-31(9-7-16)25(35)39-14-17-12-27-23(30(17)2)33(36)37/h4-5,10-13,16H,6-9,14H2,1-3H3,(H,26,28)(H,29,34). The summed E-state index contributed by atoms with van der Waals surface area (Å²) < 4.78 is 13.6. The lowest BCUT2D eigenvalue weighted by atomic mass is 10.1. The van der Waals surface area contributed by atoms with Crippen LogP contribution in [0, 0.1) is 17.0 Å². The molecule has 1 aromatic carbocycles. The fraction of sp³-hybridized carbons (Fsp3) is 0.360. The number of H-pyrrole nitrogens is 1. The molecule has 4 heterocycles. The molecule has 1 saturated heterocycles. The van der Waals surface area contributed by atoms with Gasteiger partial charge in [-0.2, -0.15) is 0 Å². The Kier molecular flexibility index (Phi) is 6.92. The van der Waals surface area contributed by atoms with E-state index in [0.29, 0.717) is 43.0 Å². The molecule has 5 rings (SSSR count). The monoisotopic (exact) mass is 536 g/mol. The number of aryl methyl sites for hydroxylation is 1. The summed E-state index contributed by atoms with van der Waals surface area (Å²) in [5, 5.41) is 14.3. The number of fused-ring (bicyclic) bond motifs is 1. The summed E-state index contributed by atoms with van der Waals surface area (Å²) in [5.74, 6) is 1.04. The summed E-state index contributed by atoms with van der Waals surface area (Å²) >= 11 is 0. The Morgan fingerprint density at radius 1 is 1.23 bits per heavy atom. The lowest BCUT2D eigenvalue weighted by Gasteiger charge is -2.31. The number of imidazole rings is 2. The van der Waals surface area contributed by atoms with Crippen molar-refractivity contribution in [3.63, 3.8) is 0 Å². The summed E-state index contributed by atoms with van der Waals surface area (Å²) in [6.45, 7) is 2.63. The van der Waals surface area contributed by atoms with Crippen molar-refractivity contribution < 1.29 is 19.2 Å². The van der Waals surface area contributed by atoms with Gasteiger partial charge in [-0.25, -0.2) is 19.1 Å². The summed E-state index contributed by atoms with van der Waals surface area (Å²) in [5.41, 5.74) is 3.40. The number of nitrogens with zero attached hydrogens (tertiary/aromatic N) is 6. The van der Waals surface area contributed by atoms with Crippen LogP contribution in [-0.2, 0) is 18.4 Å². The smallest absolute Gasteiger partial charge is 0.434 e. The molecule has 0 saturated carbocycles. The minimum absolute atomic E-state index is 0.118. The van der Waals surface area contributed by atoms with Crippen molar-refractivity contribution in [2.75, 3.05) is 25.5 Å². The topological polar surface area (TPSA) is 162 Å². The minimum Gasteiger partial charge on any atom is -0.497 e. The zero-order chi connectivity index (χ0) is 27.7. The van der Waals surface area contributed by atoms with Gasteiger partial charge in [-0.1, -0.05) is 4.98 Å². The largest absolute Gasteiger partial charge is 0.497 e. The Morgan fingerprint density at radius 2 is 2.00 bits per heavy atom. The first-order valence-corrected chi connectivity index (χ1v) is 12.3. The van der Waals surface area contributed by atoms with Crippen LogP contribution in [-0.4, -0.2) is 60.2 Å². The maximum Gasteiger partial charge on any atom is 0.434 e. The molecule has 1 fully saturated rings. The molecule has 39 heavy (non-hydrogen) atoms. The molecule has 0 aliphatic carbocycles. The summed E-state index contributed by atoms with van der Waals surface area (Å²) in [7, 11) is 3.11. The van der Waals surface area contributed by atoms with Crippen molar-refractivity contribution in [3.05, 3.63) is 68.5 Å². The van der Waals surface area contributed by atoms with Gasteiger partial charge in [0.05, 0.1) is 31.4 Å². The maximum absolute atomic E-state index is 12.9. The number of hydrogen-bond donors (Lipinski definition) is 2. The highest BCUT2D eigenvalue weighted by atomic mass is 16.6.